The number of hydrogen-bond donors (Lipinski definition) is 0. The Morgan fingerprint density at radius 2 is 2.00 bits per heavy atom. The fraction of sp³-hybridized carbons (Fsp3) is 0.846. The van der Waals surface area contributed by atoms with Gasteiger partial charge in [0, 0.05) is 25.4 Å². The van der Waals surface area contributed by atoms with Gasteiger partial charge in [-0.2, -0.15) is 0 Å². The van der Waals surface area contributed by atoms with E-state index in [1.165, 1.54) is 0 Å². The Morgan fingerprint density at radius 3 is 2.47 bits per heavy atom. The zero-order valence-electron chi connectivity index (χ0n) is 11.4. The number of hydrogen-bond acceptors (Lipinski definition) is 3. The lowest BCUT2D eigenvalue weighted by molar-refractivity contribution is -0.127. The second-order valence-electron chi connectivity index (χ2n) is 5.99. The Balaban J connectivity index is 2.62. The summed E-state index contributed by atoms with van der Waals surface area (Å²) in [4.78, 5) is 25.2. The van der Waals surface area contributed by atoms with Gasteiger partial charge in [0.2, 0.25) is 0 Å². The highest BCUT2D eigenvalue weighted by Gasteiger charge is 2.33. The average Bonchev–Trinajstić information content (AvgIpc) is 2.14. The maximum absolute atomic E-state index is 11.9. The third kappa shape index (κ3) is 4.02. The molecule has 0 saturated carbocycles. The van der Waals surface area contributed by atoms with Crippen molar-refractivity contribution in [3.63, 3.8) is 0 Å². The van der Waals surface area contributed by atoms with Gasteiger partial charge in [0.1, 0.15) is 11.4 Å². The van der Waals surface area contributed by atoms with Crippen molar-refractivity contribution in [2.24, 2.45) is 11.8 Å². The molecule has 17 heavy (non-hydrogen) atoms. The Hall–Kier alpha value is -1.06. The smallest absolute Gasteiger partial charge is 0.410 e. The monoisotopic (exact) mass is 241 g/mol. The lowest BCUT2D eigenvalue weighted by Gasteiger charge is -2.34. The molecule has 4 heteroatoms. The van der Waals surface area contributed by atoms with E-state index in [1.807, 2.05) is 34.6 Å². The summed E-state index contributed by atoms with van der Waals surface area (Å²) in [7, 11) is 0. The van der Waals surface area contributed by atoms with Gasteiger partial charge in [-0.25, -0.2) is 4.79 Å². The Bertz CT molecular complexity index is 304. The topological polar surface area (TPSA) is 46.6 Å². The largest absolute Gasteiger partial charge is 0.444 e. The van der Waals surface area contributed by atoms with Crippen molar-refractivity contribution in [1.82, 2.24) is 4.90 Å². The minimum absolute atomic E-state index is 0.0451. The van der Waals surface area contributed by atoms with Crippen LogP contribution in [-0.2, 0) is 9.53 Å². The molecule has 98 valence electrons. The molecule has 0 aromatic rings. The molecule has 1 aliphatic rings. The van der Waals surface area contributed by atoms with Crippen LogP contribution in [0.2, 0.25) is 0 Å². The average molecular weight is 241 g/mol. The van der Waals surface area contributed by atoms with Gasteiger partial charge in [0.15, 0.2) is 0 Å². The molecule has 1 rings (SSSR count). The van der Waals surface area contributed by atoms with Crippen molar-refractivity contribution in [2.75, 3.05) is 13.1 Å². The molecule has 0 bridgehead atoms. The summed E-state index contributed by atoms with van der Waals surface area (Å²) in [5.41, 5.74) is -0.480. The number of rotatable bonds is 1. The fourth-order valence-electron chi connectivity index (χ4n) is 1.94. The molecular weight excluding hydrogens is 218 g/mol. The molecule has 1 heterocycles. The van der Waals surface area contributed by atoms with E-state index in [4.69, 9.17) is 4.74 Å². The molecule has 1 atom stereocenters. The van der Waals surface area contributed by atoms with Crippen molar-refractivity contribution in [1.29, 1.82) is 0 Å². The zero-order valence-corrected chi connectivity index (χ0v) is 11.4. The van der Waals surface area contributed by atoms with Gasteiger partial charge in [0.25, 0.3) is 0 Å². The van der Waals surface area contributed by atoms with Crippen molar-refractivity contribution in [2.45, 2.75) is 46.6 Å². The van der Waals surface area contributed by atoms with E-state index in [2.05, 4.69) is 0 Å². The summed E-state index contributed by atoms with van der Waals surface area (Å²) in [6, 6.07) is 0. The van der Waals surface area contributed by atoms with Crippen molar-refractivity contribution in [3.05, 3.63) is 0 Å². The second-order valence-corrected chi connectivity index (χ2v) is 5.99. The first-order chi connectivity index (χ1) is 7.70. The number of piperidine rings is 1. The number of Topliss-reactive ketones (excluding diaryl/α,β-unsaturated/α-hetero) is 1. The molecule has 0 spiro atoms. The normalized spacial score (nSPS) is 21.9. The minimum Gasteiger partial charge on any atom is -0.444 e. The summed E-state index contributed by atoms with van der Waals surface area (Å²) < 4.78 is 5.32. The molecule has 0 aromatic heterocycles. The zero-order chi connectivity index (χ0) is 13.2. The molecule has 0 aliphatic carbocycles. The van der Waals surface area contributed by atoms with Crippen LogP contribution in [0.1, 0.15) is 41.0 Å². The third-order valence-corrected chi connectivity index (χ3v) is 2.92. The number of ketones is 1. The highest BCUT2D eigenvalue weighted by molar-refractivity contribution is 5.84. The van der Waals surface area contributed by atoms with E-state index >= 15 is 0 Å². The van der Waals surface area contributed by atoms with Gasteiger partial charge in [-0.3, -0.25) is 4.79 Å². The first-order valence-electron chi connectivity index (χ1n) is 6.21. The van der Waals surface area contributed by atoms with E-state index in [-0.39, 0.29) is 23.7 Å². The molecule has 1 saturated heterocycles. The van der Waals surface area contributed by atoms with Crippen LogP contribution in [0.3, 0.4) is 0 Å². The molecule has 0 radical (unpaired) electrons. The van der Waals surface area contributed by atoms with Crippen LogP contribution in [-0.4, -0.2) is 35.5 Å². The van der Waals surface area contributed by atoms with Crippen LogP contribution in [0.25, 0.3) is 0 Å². The molecule has 1 fully saturated rings. The molecule has 1 unspecified atom stereocenters. The quantitative estimate of drug-likeness (QED) is 0.708. The lowest BCUT2D eigenvalue weighted by Crippen LogP contribution is -2.47. The number of carbonyl (C=O) groups is 2. The van der Waals surface area contributed by atoms with Crippen molar-refractivity contribution in [3.8, 4) is 0 Å². The number of ether oxygens (including phenoxy) is 1. The maximum atomic E-state index is 11.9. The summed E-state index contributed by atoms with van der Waals surface area (Å²) in [6.45, 7) is 10.5. The standard InChI is InChI=1S/C13H23NO3/c1-9(2)10-8-14(7-6-11(10)15)12(16)17-13(3,4)5/h9-10H,6-8H2,1-5H3. The van der Waals surface area contributed by atoms with Crippen LogP contribution < -0.4 is 0 Å². The summed E-state index contributed by atoms with van der Waals surface area (Å²) in [5.74, 6) is 0.490. The Labute approximate surface area is 103 Å². The number of nitrogens with zero attached hydrogens (tertiary/aromatic N) is 1. The molecule has 1 amide bonds. The van der Waals surface area contributed by atoms with E-state index in [9.17, 15) is 9.59 Å². The maximum Gasteiger partial charge on any atom is 0.410 e. The van der Waals surface area contributed by atoms with Crippen molar-refractivity contribution >= 4 is 11.9 Å². The third-order valence-electron chi connectivity index (χ3n) is 2.92. The molecule has 0 aromatic carbocycles. The van der Waals surface area contributed by atoms with Crippen LogP contribution in [0, 0.1) is 11.8 Å². The molecular formula is C13H23NO3. The van der Waals surface area contributed by atoms with Crippen LogP contribution in [0.5, 0.6) is 0 Å². The predicted octanol–water partition coefficient (Wildman–Crippen LogP) is 2.47. The number of amides is 1. The molecule has 1 aliphatic heterocycles. The lowest BCUT2D eigenvalue weighted by atomic mass is 9.87. The van der Waals surface area contributed by atoms with E-state index < -0.39 is 5.60 Å². The summed E-state index contributed by atoms with van der Waals surface area (Å²) in [6.07, 6.45) is 0.137. The highest BCUT2D eigenvalue weighted by atomic mass is 16.6. The van der Waals surface area contributed by atoms with Crippen LogP contribution >= 0.6 is 0 Å². The summed E-state index contributed by atoms with van der Waals surface area (Å²) in [5, 5.41) is 0. The van der Waals surface area contributed by atoms with Gasteiger partial charge < -0.3 is 9.64 Å². The van der Waals surface area contributed by atoms with Gasteiger partial charge in [0.05, 0.1) is 0 Å². The highest BCUT2D eigenvalue weighted by Crippen LogP contribution is 2.22. The number of carbonyl (C=O) groups excluding carboxylic acids is 2. The van der Waals surface area contributed by atoms with E-state index in [1.54, 1.807) is 4.90 Å². The Morgan fingerprint density at radius 1 is 1.41 bits per heavy atom. The number of likely N-dealkylation sites (tertiary alicyclic amines) is 1. The Kier molecular flexibility index (Phi) is 4.17. The minimum atomic E-state index is -0.480. The first kappa shape index (κ1) is 14.0. The summed E-state index contributed by atoms with van der Waals surface area (Å²) >= 11 is 0. The first-order valence-corrected chi connectivity index (χ1v) is 6.21. The van der Waals surface area contributed by atoms with Gasteiger partial charge in [-0.1, -0.05) is 13.8 Å². The second kappa shape index (κ2) is 5.07. The van der Waals surface area contributed by atoms with Crippen LogP contribution in [0.4, 0.5) is 4.79 Å². The van der Waals surface area contributed by atoms with Gasteiger partial charge >= 0.3 is 6.09 Å². The van der Waals surface area contributed by atoms with Gasteiger partial charge in [-0.15, -0.1) is 0 Å². The molecule has 0 N–H and O–H groups in total. The van der Waals surface area contributed by atoms with E-state index in [0.717, 1.165) is 0 Å². The van der Waals surface area contributed by atoms with Crippen molar-refractivity contribution < 1.29 is 14.3 Å². The van der Waals surface area contributed by atoms with Gasteiger partial charge in [-0.05, 0) is 26.7 Å². The fourth-order valence-corrected chi connectivity index (χ4v) is 1.94. The van der Waals surface area contributed by atoms with Crippen LogP contribution in [0.15, 0.2) is 0 Å². The predicted molar refractivity (Wildman–Crippen MR) is 65.8 cm³/mol. The SMILES string of the molecule is CC(C)C1CN(C(=O)OC(C)(C)C)CCC1=O. The molecule has 4 nitrogen and oxygen atoms in total. The van der Waals surface area contributed by atoms with E-state index in [0.29, 0.717) is 19.5 Å².